The van der Waals surface area contributed by atoms with Crippen LogP contribution in [0.25, 0.3) is 27.4 Å². The van der Waals surface area contributed by atoms with Gasteiger partial charge in [0.25, 0.3) is 0 Å². The molecular weight excluding hydrogens is 346 g/mol. The van der Waals surface area contributed by atoms with E-state index >= 15 is 0 Å². The van der Waals surface area contributed by atoms with Crippen LogP contribution in [0.15, 0.2) is 54.9 Å². The number of hydrogen-bond donors (Lipinski definition) is 1. The van der Waals surface area contributed by atoms with E-state index in [0.29, 0.717) is 15.8 Å². The quantitative estimate of drug-likeness (QED) is 0.587. The molecule has 5 nitrogen and oxygen atoms in total. The smallest absolute Gasteiger partial charge is 0.348 e. The van der Waals surface area contributed by atoms with Crippen LogP contribution in [-0.4, -0.2) is 25.6 Å². The van der Waals surface area contributed by atoms with Crippen LogP contribution in [0.2, 0.25) is 5.02 Å². The topological polar surface area (TPSA) is 68.0 Å². The van der Waals surface area contributed by atoms with Gasteiger partial charge in [-0.25, -0.2) is 14.8 Å². The molecule has 0 fully saturated rings. The van der Waals surface area contributed by atoms with E-state index in [1.165, 1.54) is 0 Å². The molecule has 0 saturated carbocycles. The second-order valence-electron chi connectivity index (χ2n) is 5.09. The van der Waals surface area contributed by atoms with E-state index < -0.39 is 5.97 Å². The van der Waals surface area contributed by atoms with E-state index in [-0.39, 0.29) is 4.88 Å². The molecule has 0 radical (unpaired) electrons. The molecule has 4 aromatic rings. The van der Waals surface area contributed by atoms with Crippen LogP contribution in [0.4, 0.5) is 0 Å². The van der Waals surface area contributed by atoms with Gasteiger partial charge < -0.3 is 5.11 Å². The summed E-state index contributed by atoms with van der Waals surface area (Å²) < 4.78 is 1.75. The maximum atomic E-state index is 11.6. The molecular formula is C17H10ClN3O2S. The first-order valence-electron chi connectivity index (χ1n) is 7.06. The molecule has 0 amide bonds. The Kier molecular flexibility index (Phi) is 3.55. The molecule has 118 valence electrons. The average molecular weight is 356 g/mol. The minimum atomic E-state index is -1.000. The molecule has 0 bridgehead atoms. The van der Waals surface area contributed by atoms with Gasteiger partial charge in [-0.05, 0) is 18.2 Å². The monoisotopic (exact) mass is 355 g/mol. The Labute approximate surface area is 145 Å². The minimum absolute atomic E-state index is 0.195. The van der Waals surface area contributed by atoms with Gasteiger partial charge in [0.2, 0.25) is 0 Å². The number of aromatic nitrogens is 3. The SMILES string of the molecule is O=C(O)c1sc(-n2cnc3ccc(Cl)cc32)nc1-c1ccccc1. The van der Waals surface area contributed by atoms with E-state index in [4.69, 9.17) is 11.6 Å². The number of imidazole rings is 1. The summed E-state index contributed by atoms with van der Waals surface area (Å²) >= 11 is 7.18. The van der Waals surface area contributed by atoms with Crippen molar-refractivity contribution in [1.29, 1.82) is 0 Å². The summed E-state index contributed by atoms with van der Waals surface area (Å²) in [5.41, 5.74) is 2.77. The summed E-state index contributed by atoms with van der Waals surface area (Å²) in [5.74, 6) is -1.000. The highest BCUT2D eigenvalue weighted by Gasteiger charge is 2.20. The van der Waals surface area contributed by atoms with Gasteiger partial charge in [0.1, 0.15) is 11.2 Å². The predicted octanol–water partition coefficient (Wildman–Crippen LogP) is 4.50. The van der Waals surface area contributed by atoms with Gasteiger partial charge in [0, 0.05) is 10.6 Å². The molecule has 2 heterocycles. The maximum absolute atomic E-state index is 11.6. The molecule has 7 heteroatoms. The first-order valence-corrected chi connectivity index (χ1v) is 8.25. The van der Waals surface area contributed by atoms with Gasteiger partial charge >= 0.3 is 5.97 Å². The minimum Gasteiger partial charge on any atom is -0.477 e. The Balaban J connectivity index is 1.93. The fourth-order valence-corrected chi connectivity index (χ4v) is 3.56. The van der Waals surface area contributed by atoms with Crippen LogP contribution in [-0.2, 0) is 0 Å². The van der Waals surface area contributed by atoms with E-state index in [2.05, 4.69) is 9.97 Å². The zero-order chi connectivity index (χ0) is 16.7. The molecule has 24 heavy (non-hydrogen) atoms. The molecule has 0 aliphatic carbocycles. The lowest BCUT2D eigenvalue weighted by molar-refractivity contribution is 0.0702. The molecule has 4 rings (SSSR count). The van der Waals surface area contributed by atoms with Crippen molar-refractivity contribution in [3.63, 3.8) is 0 Å². The normalized spacial score (nSPS) is 11.0. The van der Waals surface area contributed by atoms with Crippen molar-refractivity contribution in [2.75, 3.05) is 0 Å². The number of carboxylic acids is 1. The fourth-order valence-electron chi connectivity index (χ4n) is 2.48. The summed E-state index contributed by atoms with van der Waals surface area (Å²) in [4.78, 5) is 20.7. The molecule has 2 aromatic heterocycles. The summed E-state index contributed by atoms with van der Waals surface area (Å²) in [5, 5.41) is 10.6. The number of fused-ring (bicyclic) bond motifs is 1. The first kappa shape index (κ1) is 14.9. The van der Waals surface area contributed by atoms with Crippen molar-refractivity contribution >= 4 is 39.9 Å². The molecule has 0 spiro atoms. The number of hydrogen-bond acceptors (Lipinski definition) is 4. The number of thiazole rings is 1. The van der Waals surface area contributed by atoms with Crippen molar-refractivity contribution in [2.24, 2.45) is 0 Å². The third kappa shape index (κ3) is 2.46. The lowest BCUT2D eigenvalue weighted by Crippen LogP contribution is -1.95. The van der Waals surface area contributed by atoms with Crippen molar-refractivity contribution in [3.05, 3.63) is 64.8 Å². The number of halogens is 1. The predicted molar refractivity (Wildman–Crippen MR) is 94.1 cm³/mol. The van der Waals surface area contributed by atoms with E-state index in [1.54, 1.807) is 23.0 Å². The lowest BCUT2D eigenvalue weighted by Gasteiger charge is -1.99. The Morgan fingerprint density at radius 3 is 2.71 bits per heavy atom. The van der Waals surface area contributed by atoms with Gasteiger partial charge in [-0.15, -0.1) is 0 Å². The highest BCUT2D eigenvalue weighted by molar-refractivity contribution is 7.16. The number of carboxylic acid groups (broad SMARTS) is 1. The van der Waals surface area contributed by atoms with E-state index in [0.717, 1.165) is 27.9 Å². The number of carbonyl (C=O) groups is 1. The standard InChI is InChI=1S/C17H10ClN3O2S/c18-11-6-7-12-13(8-11)21(9-19-12)17-20-14(15(24-17)16(22)23)10-4-2-1-3-5-10/h1-9H,(H,22,23). The van der Waals surface area contributed by atoms with Crippen molar-refractivity contribution in [2.45, 2.75) is 0 Å². The van der Waals surface area contributed by atoms with Crippen molar-refractivity contribution in [1.82, 2.24) is 14.5 Å². The van der Waals surface area contributed by atoms with Gasteiger partial charge in [0.15, 0.2) is 5.13 Å². The molecule has 0 atom stereocenters. The van der Waals surface area contributed by atoms with Gasteiger partial charge in [-0.2, -0.15) is 0 Å². The fraction of sp³-hybridized carbons (Fsp3) is 0. The Morgan fingerprint density at radius 2 is 1.96 bits per heavy atom. The van der Waals surface area contributed by atoms with Gasteiger partial charge in [0.05, 0.1) is 16.7 Å². The summed E-state index contributed by atoms with van der Waals surface area (Å²) in [7, 11) is 0. The molecule has 0 saturated heterocycles. The number of aromatic carboxylic acids is 1. The molecule has 2 aromatic carbocycles. The lowest BCUT2D eigenvalue weighted by atomic mass is 10.1. The van der Waals surface area contributed by atoms with Crippen molar-refractivity contribution in [3.8, 4) is 16.4 Å². The zero-order valence-electron chi connectivity index (χ0n) is 12.2. The number of rotatable bonds is 3. The molecule has 0 aliphatic rings. The summed E-state index contributed by atoms with van der Waals surface area (Å²) in [6.45, 7) is 0. The molecule has 0 unspecified atom stereocenters. The Bertz CT molecular complexity index is 1060. The Hall–Kier alpha value is -2.70. The number of nitrogens with zero attached hydrogens (tertiary/aromatic N) is 3. The summed E-state index contributed by atoms with van der Waals surface area (Å²) in [6.07, 6.45) is 1.63. The highest BCUT2D eigenvalue weighted by Crippen LogP contribution is 2.32. The third-order valence-corrected chi connectivity index (χ3v) is 4.85. The van der Waals surface area contributed by atoms with Gasteiger partial charge in [-0.3, -0.25) is 4.57 Å². The average Bonchev–Trinajstić information content (AvgIpc) is 3.19. The second kappa shape index (κ2) is 5.74. The Morgan fingerprint density at radius 1 is 1.17 bits per heavy atom. The maximum Gasteiger partial charge on any atom is 0.348 e. The van der Waals surface area contributed by atoms with Crippen LogP contribution >= 0.6 is 22.9 Å². The van der Waals surface area contributed by atoms with Crippen LogP contribution < -0.4 is 0 Å². The molecule has 1 N–H and O–H groups in total. The largest absolute Gasteiger partial charge is 0.477 e. The second-order valence-corrected chi connectivity index (χ2v) is 6.51. The number of benzene rings is 2. The third-order valence-electron chi connectivity index (χ3n) is 3.57. The van der Waals surface area contributed by atoms with Crippen LogP contribution in [0.3, 0.4) is 0 Å². The highest BCUT2D eigenvalue weighted by atomic mass is 35.5. The zero-order valence-corrected chi connectivity index (χ0v) is 13.8. The van der Waals surface area contributed by atoms with Crippen LogP contribution in [0, 0.1) is 0 Å². The van der Waals surface area contributed by atoms with Crippen molar-refractivity contribution < 1.29 is 9.90 Å². The van der Waals surface area contributed by atoms with E-state index in [9.17, 15) is 9.90 Å². The van der Waals surface area contributed by atoms with E-state index in [1.807, 2.05) is 36.4 Å². The summed E-state index contributed by atoms with van der Waals surface area (Å²) in [6, 6.07) is 14.6. The van der Waals surface area contributed by atoms with Crippen LogP contribution in [0.1, 0.15) is 9.67 Å². The first-order chi connectivity index (χ1) is 11.6. The molecule has 0 aliphatic heterocycles. The van der Waals surface area contributed by atoms with Gasteiger partial charge in [-0.1, -0.05) is 53.3 Å². The van der Waals surface area contributed by atoms with Crippen LogP contribution in [0.5, 0.6) is 0 Å².